The molecule has 2 aliphatic heterocycles. The molecule has 5 amide bonds. The lowest BCUT2D eigenvalue weighted by Crippen LogP contribution is -2.58. The van der Waals surface area contributed by atoms with Gasteiger partial charge in [0.2, 0.25) is 23.7 Å². The lowest BCUT2D eigenvalue weighted by atomic mass is 9.85. The molecule has 2 fully saturated rings. The minimum atomic E-state index is -0.905. The normalized spacial score (nSPS) is 15.6. The predicted molar refractivity (Wildman–Crippen MR) is 271 cm³/mol. The van der Waals surface area contributed by atoms with E-state index in [1.54, 1.807) is 78.4 Å². The Morgan fingerprint density at radius 3 is 2.35 bits per heavy atom. The summed E-state index contributed by atoms with van der Waals surface area (Å²) in [6, 6.07) is 11.7. The summed E-state index contributed by atoms with van der Waals surface area (Å²) >= 11 is 1.59. The van der Waals surface area contributed by atoms with Crippen LogP contribution in [0.15, 0.2) is 79.0 Å². The first-order valence-corrected chi connectivity index (χ1v) is 24.7. The number of aryl methyl sites for hydroxylation is 1. The van der Waals surface area contributed by atoms with Crippen LogP contribution in [0.5, 0.6) is 5.75 Å². The van der Waals surface area contributed by atoms with Gasteiger partial charge in [-0.3, -0.25) is 34.0 Å². The summed E-state index contributed by atoms with van der Waals surface area (Å²) in [4.78, 5) is 96.7. The van der Waals surface area contributed by atoms with Crippen molar-refractivity contribution >= 4 is 64.2 Å². The van der Waals surface area contributed by atoms with Crippen molar-refractivity contribution in [1.29, 1.82) is 0 Å². The van der Waals surface area contributed by atoms with E-state index < -0.39 is 29.5 Å². The molecule has 3 N–H and O–H groups in total. The highest BCUT2D eigenvalue weighted by Crippen LogP contribution is 2.29. The molecule has 378 valence electrons. The maximum atomic E-state index is 14.1. The molecule has 6 aromatic rings. The third-order valence-corrected chi connectivity index (χ3v) is 13.3. The van der Waals surface area contributed by atoms with Crippen molar-refractivity contribution in [2.75, 3.05) is 68.0 Å². The van der Waals surface area contributed by atoms with Crippen LogP contribution >= 0.6 is 11.3 Å². The SMILES string of the molecule is Cc1ncsc1-c1ccc(CNC(=O)C2CCCN2C(=O)C(NC(=O)COc2cnc(N3CCN(CC(=O)Nc4cc5nc(-c6cncc(N(C)C(=O)OC(C)C)c6)ccn5n4)CC3)nc2)C(C)(C)C)cc1. The van der Waals surface area contributed by atoms with E-state index in [9.17, 15) is 24.0 Å². The van der Waals surface area contributed by atoms with Gasteiger partial charge in [0, 0.05) is 70.3 Å². The molecule has 0 bridgehead atoms. The number of nitrogens with one attached hydrogen (secondary N) is 3. The summed E-state index contributed by atoms with van der Waals surface area (Å²) < 4.78 is 12.6. The van der Waals surface area contributed by atoms with Crippen LogP contribution in [0.1, 0.15) is 58.7 Å². The van der Waals surface area contributed by atoms with Crippen molar-refractivity contribution in [3.8, 4) is 27.4 Å². The number of fused-ring (bicyclic) bond motifs is 1. The van der Waals surface area contributed by atoms with Gasteiger partial charge in [0.25, 0.3) is 5.91 Å². The lowest BCUT2D eigenvalue weighted by Gasteiger charge is -2.35. The van der Waals surface area contributed by atoms with Gasteiger partial charge >= 0.3 is 6.09 Å². The minimum absolute atomic E-state index is 0.155. The van der Waals surface area contributed by atoms with Crippen molar-refractivity contribution in [3.63, 3.8) is 0 Å². The average Bonchev–Trinajstić information content (AvgIpc) is 4.14. The van der Waals surface area contributed by atoms with Crippen LogP contribution in [0, 0.1) is 12.3 Å². The molecule has 8 rings (SSSR count). The van der Waals surface area contributed by atoms with E-state index in [2.05, 4.69) is 41.0 Å². The number of hydrogen-bond donors (Lipinski definition) is 3. The number of carbonyl (C=O) groups is 5. The zero-order valence-corrected chi connectivity index (χ0v) is 42.3. The molecule has 2 unspecified atom stereocenters. The number of anilines is 3. The topological polar surface area (TPSA) is 235 Å². The third-order valence-electron chi connectivity index (χ3n) is 12.3. The summed E-state index contributed by atoms with van der Waals surface area (Å²) in [5, 5.41) is 13.2. The van der Waals surface area contributed by atoms with Crippen molar-refractivity contribution in [2.45, 2.75) is 79.1 Å². The second kappa shape index (κ2) is 22.2. The smallest absolute Gasteiger partial charge is 0.414 e. The molecule has 2 aliphatic rings. The highest BCUT2D eigenvalue weighted by atomic mass is 32.1. The van der Waals surface area contributed by atoms with Gasteiger partial charge in [0.05, 0.1) is 58.7 Å². The number of nitrogens with zero attached hydrogens (tertiary/aromatic N) is 11. The Morgan fingerprint density at radius 1 is 0.903 bits per heavy atom. The van der Waals surface area contributed by atoms with Crippen LogP contribution in [0.4, 0.5) is 22.2 Å². The molecule has 1 aromatic carbocycles. The molecular formula is C50H60N14O7S. The Hall–Kier alpha value is -7.59. The summed E-state index contributed by atoms with van der Waals surface area (Å²) in [6.45, 7) is 14.0. The zero-order chi connectivity index (χ0) is 51.1. The van der Waals surface area contributed by atoms with Crippen molar-refractivity contribution < 1.29 is 33.4 Å². The molecule has 0 spiro atoms. The summed E-state index contributed by atoms with van der Waals surface area (Å²) in [5.74, 6) is -0.143. The predicted octanol–water partition coefficient (Wildman–Crippen LogP) is 4.97. The summed E-state index contributed by atoms with van der Waals surface area (Å²) in [7, 11) is 1.62. The number of carbonyl (C=O) groups excluding carboxylic acids is 5. The fourth-order valence-electron chi connectivity index (χ4n) is 8.41. The standard InChI is InChI=1S/C50H60N14O7S/c1-31(2)71-49(69)60(7)36-21-35(24-51-25-36)38-14-16-64-41(56-38)22-40(59-64)57-42(65)28-61-17-19-62(20-18-61)48-53-26-37(27-54-48)70-29-43(66)58-45(50(4,5)6)47(68)63-15-8-9-39(63)46(67)52-23-33-10-12-34(13-11-33)44-32(3)55-30-72-44/h10-14,16,21-22,24-27,30-31,39,45H,8-9,15,17-20,23,28-29H2,1-7H3,(H,52,67)(H,58,66)(H,57,59,65). The van der Waals surface area contributed by atoms with Gasteiger partial charge in [-0.1, -0.05) is 45.0 Å². The van der Waals surface area contributed by atoms with E-state index >= 15 is 0 Å². The second-order valence-electron chi connectivity index (χ2n) is 19.1. The Bertz CT molecular complexity index is 2890. The van der Waals surface area contributed by atoms with Crippen LogP contribution in [0.2, 0.25) is 0 Å². The first kappa shape index (κ1) is 50.8. The van der Waals surface area contributed by atoms with Crippen molar-refractivity contribution in [3.05, 3.63) is 90.2 Å². The minimum Gasteiger partial charge on any atom is -0.481 e. The van der Waals surface area contributed by atoms with E-state index in [4.69, 9.17) is 14.5 Å². The van der Waals surface area contributed by atoms with Gasteiger partial charge in [-0.15, -0.1) is 16.4 Å². The molecule has 22 heteroatoms. The van der Waals surface area contributed by atoms with E-state index in [0.717, 1.165) is 21.7 Å². The number of aromatic nitrogens is 7. The molecule has 5 aromatic heterocycles. The summed E-state index contributed by atoms with van der Waals surface area (Å²) in [6.07, 6.45) is 8.41. The van der Waals surface area contributed by atoms with E-state index in [0.29, 0.717) is 86.5 Å². The number of ether oxygens (including phenoxy) is 2. The molecule has 0 radical (unpaired) electrons. The molecule has 2 atom stereocenters. The van der Waals surface area contributed by atoms with Gasteiger partial charge in [-0.2, -0.15) is 0 Å². The van der Waals surface area contributed by atoms with Gasteiger partial charge in [0.1, 0.15) is 12.1 Å². The van der Waals surface area contributed by atoms with Gasteiger partial charge in [-0.25, -0.2) is 29.2 Å². The Morgan fingerprint density at radius 2 is 1.65 bits per heavy atom. The molecule has 0 aliphatic carbocycles. The van der Waals surface area contributed by atoms with E-state index in [-0.39, 0.29) is 42.7 Å². The monoisotopic (exact) mass is 1000 g/mol. The molecule has 7 heterocycles. The molecule has 0 saturated carbocycles. The lowest BCUT2D eigenvalue weighted by molar-refractivity contribution is -0.144. The zero-order valence-electron chi connectivity index (χ0n) is 41.5. The molecular weight excluding hydrogens is 941 g/mol. The number of benzene rings is 1. The van der Waals surface area contributed by atoms with Crippen molar-refractivity contribution in [2.24, 2.45) is 5.41 Å². The molecule has 72 heavy (non-hydrogen) atoms. The van der Waals surface area contributed by atoms with Crippen LogP contribution in [0.25, 0.3) is 27.3 Å². The number of piperazine rings is 1. The van der Waals surface area contributed by atoms with Gasteiger partial charge in [-0.05, 0) is 62.3 Å². The first-order chi connectivity index (χ1) is 34.5. The van der Waals surface area contributed by atoms with Crippen LogP contribution in [-0.2, 0) is 30.5 Å². The summed E-state index contributed by atoms with van der Waals surface area (Å²) in [5.41, 5.74) is 6.52. The second-order valence-corrected chi connectivity index (χ2v) is 20.0. The van der Waals surface area contributed by atoms with E-state index in [1.165, 1.54) is 17.3 Å². The Labute approximate surface area is 421 Å². The number of likely N-dealkylation sites (tertiary alicyclic amines) is 1. The average molecular weight is 1000 g/mol. The Kier molecular flexibility index (Phi) is 15.7. The van der Waals surface area contributed by atoms with Crippen LogP contribution in [-0.4, -0.2) is 145 Å². The molecule has 2 saturated heterocycles. The van der Waals surface area contributed by atoms with E-state index in [1.807, 2.05) is 67.3 Å². The number of pyridine rings is 1. The maximum absolute atomic E-state index is 14.1. The largest absolute Gasteiger partial charge is 0.481 e. The van der Waals surface area contributed by atoms with Gasteiger partial charge < -0.3 is 35.2 Å². The maximum Gasteiger partial charge on any atom is 0.414 e. The number of amides is 5. The fourth-order valence-corrected chi connectivity index (χ4v) is 9.22. The quantitative estimate of drug-likeness (QED) is 0.116. The number of thiazole rings is 1. The van der Waals surface area contributed by atoms with Crippen molar-refractivity contribution in [1.82, 2.24) is 55.0 Å². The molecule has 21 nitrogen and oxygen atoms in total. The first-order valence-electron chi connectivity index (χ1n) is 23.8. The van der Waals surface area contributed by atoms with Crippen LogP contribution in [0.3, 0.4) is 0 Å². The Balaban J connectivity index is 0.769. The highest BCUT2D eigenvalue weighted by Gasteiger charge is 2.42. The van der Waals surface area contributed by atoms with Gasteiger partial charge in [0.15, 0.2) is 23.8 Å². The van der Waals surface area contributed by atoms with Crippen LogP contribution < -0.4 is 30.5 Å². The third kappa shape index (κ3) is 12.5. The number of rotatable bonds is 16. The highest BCUT2D eigenvalue weighted by molar-refractivity contribution is 7.13. The number of hydrogen-bond acceptors (Lipinski definition) is 16. The fraction of sp³-hybridized carbons (Fsp3) is 0.420.